The van der Waals surface area contributed by atoms with Gasteiger partial charge in [-0.2, -0.15) is 0 Å². The lowest BCUT2D eigenvalue weighted by Crippen LogP contribution is -2.22. The summed E-state index contributed by atoms with van der Waals surface area (Å²) in [6.45, 7) is 7.30. The van der Waals surface area contributed by atoms with Gasteiger partial charge in [-0.15, -0.1) is 11.3 Å². The van der Waals surface area contributed by atoms with Crippen molar-refractivity contribution in [2.75, 3.05) is 6.61 Å². The normalized spacial score (nSPS) is 11.5. The predicted molar refractivity (Wildman–Crippen MR) is 75.5 cm³/mol. The maximum Gasteiger partial charge on any atom is 0.358 e. The molecule has 0 aliphatic carbocycles. The summed E-state index contributed by atoms with van der Waals surface area (Å²) in [5.41, 5.74) is 0.379. The lowest BCUT2D eigenvalue weighted by Gasteiger charge is -2.23. The summed E-state index contributed by atoms with van der Waals surface area (Å²) in [5, 5.41) is 2.08. The van der Waals surface area contributed by atoms with E-state index in [1.807, 2.05) is 4.57 Å². The van der Waals surface area contributed by atoms with Crippen LogP contribution in [0.3, 0.4) is 0 Å². The van der Waals surface area contributed by atoms with E-state index in [9.17, 15) is 4.79 Å². The molecule has 0 aliphatic rings. The zero-order chi connectivity index (χ0) is 13.9. The van der Waals surface area contributed by atoms with Crippen LogP contribution in [0.15, 0.2) is 30.0 Å². The van der Waals surface area contributed by atoms with Gasteiger partial charge in [0.05, 0.1) is 12.9 Å². The Morgan fingerprint density at radius 3 is 2.95 bits per heavy atom. The van der Waals surface area contributed by atoms with Gasteiger partial charge in [0.1, 0.15) is 0 Å². The van der Waals surface area contributed by atoms with E-state index in [1.165, 1.54) is 4.88 Å². The Labute approximate surface area is 117 Å². The number of hydrogen-bond acceptors (Lipinski definition) is 4. The summed E-state index contributed by atoms with van der Waals surface area (Å²) in [7, 11) is 0. The molecular weight excluding hydrogens is 260 g/mol. The lowest BCUT2D eigenvalue weighted by atomic mass is 9.91. The molecule has 0 atom stereocenters. The molecule has 102 valence electrons. The fourth-order valence-corrected chi connectivity index (χ4v) is 2.80. The number of hydrogen-bond donors (Lipinski definition) is 0. The maximum atomic E-state index is 11.6. The van der Waals surface area contributed by atoms with E-state index < -0.39 is 0 Å². The molecule has 0 spiro atoms. The first kappa shape index (κ1) is 13.8. The standard InChI is InChI=1S/C14H18N2O2S/c1-4-18-13(17)11-8-16(10-15-11)9-14(2,3)12-6-5-7-19-12/h5-8,10H,4,9H2,1-3H3. The van der Waals surface area contributed by atoms with Crippen LogP contribution in [0.5, 0.6) is 0 Å². The van der Waals surface area contributed by atoms with Gasteiger partial charge in [0, 0.05) is 23.0 Å². The Hall–Kier alpha value is -1.62. The second kappa shape index (κ2) is 5.57. The molecule has 0 radical (unpaired) electrons. The van der Waals surface area contributed by atoms with Crippen molar-refractivity contribution in [2.45, 2.75) is 32.7 Å². The van der Waals surface area contributed by atoms with Crippen molar-refractivity contribution in [1.82, 2.24) is 9.55 Å². The Bertz CT molecular complexity index is 544. The van der Waals surface area contributed by atoms with Gasteiger partial charge < -0.3 is 9.30 Å². The maximum absolute atomic E-state index is 11.6. The van der Waals surface area contributed by atoms with Crippen LogP contribution in [0.25, 0.3) is 0 Å². The number of ether oxygens (including phenoxy) is 1. The highest BCUT2D eigenvalue weighted by Crippen LogP contribution is 2.29. The number of aromatic nitrogens is 2. The zero-order valence-electron chi connectivity index (χ0n) is 11.4. The molecule has 0 fully saturated rings. The molecule has 0 aliphatic heterocycles. The van der Waals surface area contributed by atoms with Crippen molar-refractivity contribution in [2.24, 2.45) is 0 Å². The molecule has 0 saturated carbocycles. The average Bonchev–Trinajstić information content (AvgIpc) is 2.98. The molecule has 0 amide bonds. The van der Waals surface area contributed by atoms with Crippen LogP contribution in [0, 0.1) is 0 Å². The molecule has 2 heterocycles. The summed E-state index contributed by atoms with van der Waals surface area (Å²) in [6, 6.07) is 4.19. The van der Waals surface area contributed by atoms with Crippen molar-refractivity contribution in [3.8, 4) is 0 Å². The largest absolute Gasteiger partial charge is 0.461 e. The van der Waals surface area contributed by atoms with E-state index in [0.717, 1.165) is 6.54 Å². The Morgan fingerprint density at radius 2 is 2.32 bits per heavy atom. The van der Waals surface area contributed by atoms with Crippen molar-refractivity contribution in [1.29, 1.82) is 0 Å². The van der Waals surface area contributed by atoms with E-state index >= 15 is 0 Å². The van der Waals surface area contributed by atoms with Gasteiger partial charge in [0.2, 0.25) is 0 Å². The first-order valence-corrected chi connectivity index (χ1v) is 7.14. The number of rotatable bonds is 5. The molecule has 0 aromatic carbocycles. The molecule has 4 nitrogen and oxygen atoms in total. The van der Waals surface area contributed by atoms with Crippen molar-refractivity contribution in [3.05, 3.63) is 40.6 Å². The van der Waals surface area contributed by atoms with Crippen molar-refractivity contribution in [3.63, 3.8) is 0 Å². The van der Waals surface area contributed by atoms with Gasteiger partial charge >= 0.3 is 5.97 Å². The predicted octanol–water partition coefficient (Wildman–Crippen LogP) is 3.10. The van der Waals surface area contributed by atoms with Crippen LogP contribution in [0.2, 0.25) is 0 Å². The highest BCUT2D eigenvalue weighted by molar-refractivity contribution is 7.10. The smallest absolute Gasteiger partial charge is 0.358 e. The third-order valence-electron chi connectivity index (χ3n) is 2.88. The minimum Gasteiger partial charge on any atom is -0.461 e. The lowest BCUT2D eigenvalue weighted by molar-refractivity contribution is 0.0520. The van der Waals surface area contributed by atoms with E-state index in [2.05, 4.69) is 36.3 Å². The van der Waals surface area contributed by atoms with Gasteiger partial charge in [-0.1, -0.05) is 19.9 Å². The number of nitrogens with zero attached hydrogens (tertiary/aromatic N) is 2. The highest BCUT2D eigenvalue weighted by Gasteiger charge is 2.23. The number of imidazole rings is 1. The Balaban J connectivity index is 2.10. The van der Waals surface area contributed by atoms with Crippen LogP contribution in [0.1, 0.15) is 36.1 Å². The van der Waals surface area contributed by atoms with Crippen molar-refractivity contribution >= 4 is 17.3 Å². The van der Waals surface area contributed by atoms with Crippen LogP contribution in [0.4, 0.5) is 0 Å². The van der Waals surface area contributed by atoms with E-state index in [4.69, 9.17) is 4.74 Å². The topological polar surface area (TPSA) is 44.1 Å². The molecule has 19 heavy (non-hydrogen) atoms. The van der Waals surface area contributed by atoms with E-state index in [-0.39, 0.29) is 11.4 Å². The minimum absolute atomic E-state index is 0.0147. The van der Waals surface area contributed by atoms with Gasteiger partial charge in [-0.05, 0) is 18.4 Å². The van der Waals surface area contributed by atoms with Crippen LogP contribution < -0.4 is 0 Å². The SMILES string of the molecule is CCOC(=O)c1cn(CC(C)(C)c2cccs2)cn1. The van der Waals surface area contributed by atoms with E-state index in [1.54, 1.807) is 30.8 Å². The second-order valence-electron chi connectivity index (χ2n) is 5.01. The second-order valence-corrected chi connectivity index (χ2v) is 5.96. The molecule has 0 N–H and O–H groups in total. The van der Waals surface area contributed by atoms with Crippen LogP contribution in [-0.4, -0.2) is 22.1 Å². The number of carbonyl (C=O) groups is 1. The highest BCUT2D eigenvalue weighted by atomic mass is 32.1. The van der Waals surface area contributed by atoms with E-state index in [0.29, 0.717) is 12.3 Å². The fourth-order valence-electron chi connectivity index (χ4n) is 1.96. The minimum atomic E-state index is -0.366. The summed E-state index contributed by atoms with van der Waals surface area (Å²) in [6.07, 6.45) is 3.43. The van der Waals surface area contributed by atoms with Crippen LogP contribution in [-0.2, 0) is 16.7 Å². The number of esters is 1. The number of thiophene rings is 1. The molecule has 0 saturated heterocycles. The van der Waals surface area contributed by atoms with Gasteiger partial charge in [0.15, 0.2) is 5.69 Å². The molecule has 2 rings (SSSR count). The molecule has 0 bridgehead atoms. The summed E-state index contributed by atoms with van der Waals surface area (Å²) < 4.78 is 6.87. The zero-order valence-corrected chi connectivity index (χ0v) is 12.2. The summed E-state index contributed by atoms with van der Waals surface area (Å²) in [4.78, 5) is 17.0. The first-order chi connectivity index (χ1) is 9.03. The van der Waals surface area contributed by atoms with Crippen LogP contribution >= 0.6 is 11.3 Å². The van der Waals surface area contributed by atoms with Crippen molar-refractivity contribution < 1.29 is 9.53 Å². The molecule has 2 aromatic rings. The molecular formula is C14H18N2O2S. The summed E-state index contributed by atoms with van der Waals surface area (Å²) in [5.74, 6) is -0.366. The number of carbonyl (C=O) groups excluding carboxylic acids is 1. The molecule has 5 heteroatoms. The summed E-state index contributed by atoms with van der Waals surface area (Å²) >= 11 is 1.74. The third kappa shape index (κ3) is 3.23. The average molecular weight is 278 g/mol. The van der Waals surface area contributed by atoms with Gasteiger partial charge in [0.25, 0.3) is 0 Å². The quantitative estimate of drug-likeness (QED) is 0.789. The third-order valence-corrected chi connectivity index (χ3v) is 4.12. The fraction of sp³-hybridized carbons (Fsp3) is 0.429. The van der Waals surface area contributed by atoms with Gasteiger partial charge in [-0.3, -0.25) is 0 Å². The Kier molecular flexibility index (Phi) is 4.04. The molecule has 0 unspecified atom stereocenters. The molecule has 2 aromatic heterocycles. The first-order valence-electron chi connectivity index (χ1n) is 6.26. The Morgan fingerprint density at radius 1 is 1.53 bits per heavy atom. The van der Waals surface area contributed by atoms with Gasteiger partial charge in [-0.25, -0.2) is 9.78 Å². The monoisotopic (exact) mass is 278 g/mol.